The Morgan fingerprint density at radius 3 is 3.00 bits per heavy atom. The van der Waals surface area contributed by atoms with Crippen LogP contribution >= 0.6 is 11.8 Å². The molecule has 0 radical (unpaired) electrons. The number of amides is 1. The van der Waals surface area contributed by atoms with E-state index in [0.717, 1.165) is 0 Å². The molecule has 1 amide bonds. The molecule has 3 atom stereocenters. The van der Waals surface area contributed by atoms with E-state index in [-0.39, 0.29) is 11.3 Å². The molecule has 3 N–H and O–H groups in total. The van der Waals surface area contributed by atoms with Gasteiger partial charge in [0.2, 0.25) is 5.91 Å². The van der Waals surface area contributed by atoms with Gasteiger partial charge in [-0.1, -0.05) is 0 Å². The van der Waals surface area contributed by atoms with Gasteiger partial charge in [-0.25, -0.2) is 4.79 Å². The number of carbonyl (C=O) groups is 2. The lowest BCUT2D eigenvalue weighted by molar-refractivity contribution is -0.147. The Morgan fingerprint density at radius 1 is 1.69 bits per heavy atom. The van der Waals surface area contributed by atoms with Crippen LogP contribution in [0.3, 0.4) is 0 Å². The first-order valence-electron chi connectivity index (χ1n) is 4.03. The van der Waals surface area contributed by atoms with Gasteiger partial charge in [-0.3, -0.25) is 4.79 Å². The topological polar surface area (TPSA) is 83.6 Å². The molecule has 72 valence electrons. The highest BCUT2D eigenvalue weighted by Gasteiger charge is 2.48. The van der Waals surface area contributed by atoms with Crippen molar-refractivity contribution in [2.45, 2.75) is 23.9 Å². The van der Waals surface area contributed by atoms with E-state index < -0.39 is 18.1 Å². The van der Waals surface area contributed by atoms with Crippen LogP contribution in [0.4, 0.5) is 0 Å². The molecule has 2 fully saturated rings. The second-order valence-electron chi connectivity index (χ2n) is 3.23. The van der Waals surface area contributed by atoms with E-state index in [1.165, 1.54) is 16.7 Å². The van der Waals surface area contributed by atoms with Crippen molar-refractivity contribution in [1.82, 2.24) is 4.90 Å². The predicted octanol–water partition coefficient (Wildman–Crippen LogP) is -0.928. The van der Waals surface area contributed by atoms with Crippen LogP contribution in [0.1, 0.15) is 6.42 Å². The number of hydrogen-bond donors (Lipinski definition) is 2. The first-order valence-corrected chi connectivity index (χ1v) is 5.08. The Hall–Kier alpha value is -0.750. The smallest absolute Gasteiger partial charge is 0.327 e. The van der Waals surface area contributed by atoms with Gasteiger partial charge in [0, 0.05) is 12.2 Å². The minimum Gasteiger partial charge on any atom is -0.480 e. The maximum Gasteiger partial charge on any atom is 0.327 e. The van der Waals surface area contributed by atoms with Crippen molar-refractivity contribution in [3.63, 3.8) is 0 Å². The van der Waals surface area contributed by atoms with Gasteiger partial charge in [-0.15, -0.1) is 11.8 Å². The molecule has 6 heteroatoms. The summed E-state index contributed by atoms with van der Waals surface area (Å²) in [5.74, 6) is -0.668. The zero-order valence-electron chi connectivity index (χ0n) is 6.84. The molecule has 0 saturated carbocycles. The van der Waals surface area contributed by atoms with E-state index in [1.54, 1.807) is 0 Å². The van der Waals surface area contributed by atoms with E-state index >= 15 is 0 Å². The van der Waals surface area contributed by atoms with E-state index in [1.807, 2.05) is 0 Å². The average molecular weight is 202 g/mol. The Morgan fingerprint density at radius 2 is 2.38 bits per heavy atom. The molecule has 5 nitrogen and oxygen atoms in total. The highest BCUT2D eigenvalue weighted by Crippen LogP contribution is 2.36. The Labute approximate surface area is 79.3 Å². The van der Waals surface area contributed by atoms with Gasteiger partial charge >= 0.3 is 5.97 Å². The molecule has 2 aliphatic rings. The zero-order chi connectivity index (χ0) is 9.59. The van der Waals surface area contributed by atoms with Crippen LogP contribution in [0.2, 0.25) is 0 Å². The third kappa shape index (κ3) is 1.21. The molecule has 2 saturated heterocycles. The van der Waals surface area contributed by atoms with Crippen LogP contribution in [0.25, 0.3) is 0 Å². The second kappa shape index (κ2) is 2.88. The Kier molecular flexibility index (Phi) is 1.96. The van der Waals surface area contributed by atoms with E-state index in [4.69, 9.17) is 10.8 Å². The van der Waals surface area contributed by atoms with Crippen LogP contribution in [0.5, 0.6) is 0 Å². The Balaban J connectivity index is 2.21. The van der Waals surface area contributed by atoms with Gasteiger partial charge < -0.3 is 15.7 Å². The summed E-state index contributed by atoms with van der Waals surface area (Å²) >= 11 is 1.50. The normalized spacial score (nSPS) is 38.1. The summed E-state index contributed by atoms with van der Waals surface area (Å²) in [6.45, 7) is 0. The minimum atomic E-state index is -0.933. The monoisotopic (exact) mass is 202 g/mol. The van der Waals surface area contributed by atoms with E-state index in [9.17, 15) is 9.59 Å². The number of carbonyl (C=O) groups excluding carboxylic acids is 1. The molecule has 0 spiro atoms. The summed E-state index contributed by atoms with van der Waals surface area (Å²) in [7, 11) is 0. The van der Waals surface area contributed by atoms with Gasteiger partial charge in [0.1, 0.15) is 6.04 Å². The number of thioether (sulfide) groups is 1. The van der Waals surface area contributed by atoms with Crippen molar-refractivity contribution in [3.8, 4) is 0 Å². The fraction of sp³-hybridized carbons (Fsp3) is 0.714. The van der Waals surface area contributed by atoms with Crippen molar-refractivity contribution in [1.29, 1.82) is 0 Å². The lowest BCUT2D eigenvalue weighted by atomic mass is 10.3. The maximum absolute atomic E-state index is 11.4. The van der Waals surface area contributed by atoms with Gasteiger partial charge in [-0.2, -0.15) is 0 Å². The molecular weight excluding hydrogens is 192 g/mol. The molecule has 2 rings (SSSR count). The summed E-state index contributed by atoms with van der Waals surface area (Å²) in [4.78, 5) is 23.6. The number of carboxylic acid groups (broad SMARTS) is 1. The van der Waals surface area contributed by atoms with Gasteiger partial charge in [0.25, 0.3) is 0 Å². The lowest BCUT2D eigenvalue weighted by Crippen LogP contribution is -2.44. The molecule has 0 aromatic rings. The summed E-state index contributed by atoms with van der Waals surface area (Å²) in [6, 6.07) is -1.17. The highest BCUT2D eigenvalue weighted by molar-refractivity contribution is 8.00. The Bertz CT molecular complexity index is 270. The third-order valence-electron chi connectivity index (χ3n) is 2.40. The molecule has 2 heterocycles. The van der Waals surface area contributed by atoms with E-state index in [2.05, 4.69) is 0 Å². The number of nitrogens with two attached hydrogens (primary N) is 1. The minimum absolute atomic E-state index is 0.0106. The summed E-state index contributed by atoms with van der Waals surface area (Å²) in [5, 5.41) is 8.81. The van der Waals surface area contributed by atoms with Crippen molar-refractivity contribution >= 4 is 23.6 Å². The van der Waals surface area contributed by atoms with Crippen LogP contribution in [0.15, 0.2) is 0 Å². The zero-order valence-corrected chi connectivity index (χ0v) is 7.66. The summed E-state index contributed by atoms with van der Waals surface area (Å²) < 4.78 is 0. The molecule has 0 aromatic carbocycles. The molecule has 0 aliphatic carbocycles. The summed E-state index contributed by atoms with van der Waals surface area (Å²) in [6.07, 6.45) is 0.577. The molecule has 0 bridgehead atoms. The fourth-order valence-corrected chi connectivity index (χ4v) is 3.20. The number of carboxylic acids is 1. The van der Waals surface area contributed by atoms with Crippen molar-refractivity contribution in [2.24, 2.45) is 5.73 Å². The highest BCUT2D eigenvalue weighted by atomic mass is 32.2. The van der Waals surface area contributed by atoms with E-state index in [0.29, 0.717) is 12.2 Å². The number of fused-ring (bicyclic) bond motifs is 1. The number of nitrogens with zero attached hydrogens (tertiary/aromatic N) is 1. The predicted molar refractivity (Wildman–Crippen MR) is 47.1 cm³/mol. The third-order valence-corrected chi connectivity index (χ3v) is 3.72. The summed E-state index contributed by atoms with van der Waals surface area (Å²) in [5.41, 5.74) is 5.53. The molecular formula is C7H10N2O3S. The lowest BCUT2D eigenvalue weighted by Gasteiger charge is -2.19. The fourth-order valence-electron chi connectivity index (χ4n) is 1.74. The van der Waals surface area contributed by atoms with Crippen molar-refractivity contribution < 1.29 is 14.7 Å². The largest absolute Gasteiger partial charge is 0.480 e. The van der Waals surface area contributed by atoms with Gasteiger partial charge in [0.15, 0.2) is 0 Å². The molecule has 0 aromatic heterocycles. The van der Waals surface area contributed by atoms with Crippen LogP contribution in [-0.4, -0.2) is 45.1 Å². The molecule has 0 unspecified atom stereocenters. The van der Waals surface area contributed by atoms with Crippen molar-refractivity contribution in [2.75, 3.05) is 5.75 Å². The number of aliphatic carboxylic acids is 1. The average Bonchev–Trinajstić information content (AvgIpc) is 2.55. The first kappa shape index (κ1) is 8.83. The van der Waals surface area contributed by atoms with Gasteiger partial charge in [-0.05, 0) is 0 Å². The maximum atomic E-state index is 11.4. The number of hydrogen-bond acceptors (Lipinski definition) is 4. The second-order valence-corrected chi connectivity index (χ2v) is 4.44. The van der Waals surface area contributed by atoms with Crippen molar-refractivity contribution in [3.05, 3.63) is 0 Å². The van der Waals surface area contributed by atoms with Crippen LogP contribution in [0, 0.1) is 0 Å². The first-order chi connectivity index (χ1) is 6.11. The number of rotatable bonds is 1. The quantitative estimate of drug-likeness (QED) is 0.574. The molecule has 2 aliphatic heterocycles. The SMILES string of the molecule is N[C@@H]1C[C@H]2SC[C@H](C(=O)O)N2C1=O. The van der Waals surface area contributed by atoms with Crippen LogP contribution < -0.4 is 5.73 Å². The van der Waals surface area contributed by atoms with Gasteiger partial charge in [0.05, 0.1) is 11.4 Å². The molecule has 13 heavy (non-hydrogen) atoms. The standard InChI is InChI=1S/C7H10N2O3S/c8-3-1-5-9(6(3)10)4(2-13-5)7(11)12/h3-5H,1-2,8H2,(H,11,12)/t3-,4-,5-/m1/s1. The van der Waals surface area contributed by atoms with Crippen LogP contribution in [-0.2, 0) is 9.59 Å².